The van der Waals surface area contributed by atoms with E-state index in [2.05, 4.69) is 15.5 Å². The molecule has 0 saturated carbocycles. The number of thiophene rings is 2. The molecule has 2 N–H and O–H groups in total. The molecule has 3 heterocycles. The molecule has 2 amide bonds. The van der Waals surface area contributed by atoms with E-state index in [0.29, 0.717) is 28.1 Å². The third kappa shape index (κ3) is 5.65. The first-order valence-corrected chi connectivity index (χ1v) is 11.6. The quantitative estimate of drug-likeness (QED) is 0.496. The number of hydrogen-bond donors (Lipinski definition) is 2. The van der Waals surface area contributed by atoms with Crippen LogP contribution in [0.2, 0.25) is 0 Å². The number of anilines is 1. The predicted molar refractivity (Wildman–Crippen MR) is 125 cm³/mol. The number of rotatable bonds is 7. The van der Waals surface area contributed by atoms with Crippen LogP contribution in [-0.4, -0.2) is 46.2 Å². The maximum Gasteiger partial charge on any atom is 0.412 e. The van der Waals surface area contributed by atoms with Crippen LogP contribution in [-0.2, 0) is 17.7 Å². The fourth-order valence-corrected chi connectivity index (χ4v) is 5.15. The van der Waals surface area contributed by atoms with Crippen molar-refractivity contribution in [2.45, 2.75) is 52.3 Å². The Morgan fingerprint density at radius 2 is 2.09 bits per heavy atom. The number of aromatic nitrogens is 2. The number of fused-ring (bicyclic) bond motifs is 1. The lowest BCUT2D eigenvalue weighted by Gasteiger charge is -2.21. The fourth-order valence-electron chi connectivity index (χ4n) is 3.11. The fraction of sp³-hybridized carbons (Fsp3) is 0.429. The van der Waals surface area contributed by atoms with E-state index in [0.717, 1.165) is 9.75 Å². The first kappa shape index (κ1) is 23.7. The number of carbonyl (C=O) groups is 2. The normalized spacial score (nSPS) is 12.4. The molecule has 0 fully saturated rings. The van der Waals surface area contributed by atoms with E-state index in [1.807, 2.05) is 24.4 Å². The number of amides is 2. The maximum absolute atomic E-state index is 12.1. The van der Waals surface area contributed by atoms with Crippen LogP contribution in [0.15, 0.2) is 23.7 Å². The average molecular weight is 479 g/mol. The smallest absolute Gasteiger partial charge is 0.412 e. The summed E-state index contributed by atoms with van der Waals surface area (Å²) in [6.45, 7) is 7.48. The van der Waals surface area contributed by atoms with E-state index in [9.17, 15) is 14.7 Å². The van der Waals surface area contributed by atoms with Gasteiger partial charge >= 0.3 is 12.2 Å². The largest absolute Gasteiger partial charge is 0.493 e. The van der Waals surface area contributed by atoms with Crippen molar-refractivity contribution >= 4 is 50.8 Å². The van der Waals surface area contributed by atoms with Gasteiger partial charge in [0, 0.05) is 17.3 Å². The lowest BCUT2D eigenvalue weighted by molar-refractivity contribution is 0.0508. The van der Waals surface area contributed by atoms with Crippen molar-refractivity contribution in [2.75, 3.05) is 12.0 Å². The SMILES string of the molecule is COc1c(CC(C)NC(=O)OC(C)(C)C)sc2c(N(Cc3cccs3)C(=O)O)cnnc12. The van der Waals surface area contributed by atoms with Crippen molar-refractivity contribution in [2.24, 2.45) is 0 Å². The highest BCUT2D eigenvalue weighted by atomic mass is 32.1. The van der Waals surface area contributed by atoms with Crippen molar-refractivity contribution in [3.05, 3.63) is 33.5 Å². The van der Waals surface area contributed by atoms with Crippen LogP contribution in [0.3, 0.4) is 0 Å². The van der Waals surface area contributed by atoms with Crippen molar-refractivity contribution in [1.82, 2.24) is 15.5 Å². The second-order valence-corrected chi connectivity index (χ2v) is 10.3. The Kier molecular flexibility index (Phi) is 7.19. The molecule has 3 rings (SSSR count). The summed E-state index contributed by atoms with van der Waals surface area (Å²) in [5, 5.41) is 22.8. The molecule has 0 aliphatic carbocycles. The monoisotopic (exact) mass is 478 g/mol. The summed E-state index contributed by atoms with van der Waals surface area (Å²) < 4.78 is 11.6. The first-order valence-electron chi connectivity index (χ1n) is 9.92. The lowest BCUT2D eigenvalue weighted by Crippen LogP contribution is -2.38. The molecule has 3 aromatic rings. The van der Waals surface area contributed by atoms with E-state index < -0.39 is 17.8 Å². The third-order valence-corrected chi connectivity index (χ3v) is 6.42. The Morgan fingerprint density at radius 1 is 1.34 bits per heavy atom. The minimum Gasteiger partial charge on any atom is -0.493 e. The molecule has 0 radical (unpaired) electrons. The van der Waals surface area contributed by atoms with Crippen LogP contribution in [0.1, 0.15) is 37.4 Å². The van der Waals surface area contributed by atoms with Crippen molar-refractivity contribution in [3.8, 4) is 5.75 Å². The van der Waals surface area contributed by atoms with Gasteiger partial charge in [0.05, 0.1) is 35.1 Å². The van der Waals surface area contributed by atoms with Crippen molar-refractivity contribution in [1.29, 1.82) is 0 Å². The second-order valence-electron chi connectivity index (χ2n) is 8.17. The number of methoxy groups -OCH3 is 1. The third-order valence-electron chi connectivity index (χ3n) is 4.35. The molecule has 172 valence electrons. The highest BCUT2D eigenvalue weighted by molar-refractivity contribution is 7.20. The average Bonchev–Trinajstić information content (AvgIpc) is 3.30. The predicted octanol–water partition coefficient (Wildman–Crippen LogP) is 4.90. The maximum atomic E-state index is 12.1. The summed E-state index contributed by atoms with van der Waals surface area (Å²) in [5.41, 5.74) is 0.344. The van der Waals surface area contributed by atoms with Gasteiger partial charge in [0.2, 0.25) is 0 Å². The van der Waals surface area contributed by atoms with Crippen LogP contribution in [0.25, 0.3) is 10.2 Å². The van der Waals surface area contributed by atoms with Crippen molar-refractivity contribution < 1.29 is 24.2 Å². The Bertz CT molecular complexity index is 1090. The molecule has 0 aromatic carbocycles. The summed E-state index contributed by atoms with van der Waals surface area (Å²) >= 11 is 2.87. The van der Waals surface area contributed by atoms with Gasteiger partial charge in [-0.2, -0.15) is 5.10 Å². The zero-order valence-corrected chi connectivity index (χ0v) is 20.2. The standard InChI is InChI=1S/C21H26N4O5S2/c1-12(23-19(26)30-21(2,3)4)9-15-17(29-5)16-18(32-15)14(10-22-24-16)25(20(27)28)11-13-7-6-8-31-13/h6-8,10,12H,9,11H2,1-5H3,(H,23,26)(H,27,28). The van der Waals surface area contributed by atoms with Crippen LogP contribution in [0.4, 0.5) is 15.3 Å². The summed E-state index contributed by atoms with van der Waals surface area (Å²) in [7, 11) is 1.53. The minimum atomic E-state index is -1.08. The Balaban J connectivity index is 1.90. The summed E-state index contributed by atoms with van der Waals surface area (Å²) in [6.07, 6.45) is 0.327. The molecular weight excluding hydrogens is 452 g/mol. The molecule has 0 aliphatic rings. The van der Waals surface area contributed by atoms with Crippen LogP contribution >= 0.6 is 22.7 Å². The number of nitrogens with one attached hydrogen (secondary N) is 1. The number of hydrogen-bond acceptors (Lipinski definition) is 8. The minimum absolute atomic E-state index is 0.208. The summed E-state index contributed by atoms with van der Waals surface area (Å²) in [4.78, 5) is 27.1. The Labute approximate surface area is 194 Å². The second kappa shape index (κ2) is 9.70. The van der Waals surface area contributed by atoms with Gasteiger partial charge in [-0.15, -0.1) is 27.8 Å². The molecule has 11 heteroatoms. The Hall–Kier alpha value is -2.92. The summed E-state index contributed by atoms with van der Waals surface area (Å²) in [5.74, 6) is 0.527. The van der Waals surface area contributed by atoms with Crippen LogP contribution in [0.5, 0.6) is 5.75 Å². The number of ether oxygens (including phenoxy) is 2. The number of alkyl carbamates (subject to hydrolysis) is 1. The van der Waals surface area contributed by atoms with E-state index in [-0.39, 0.29) is 12.6 Å². The van der Waals surface area contributed by atoms with Gasteiger partial charge in [0.15, 0.2) is 5.75 Å². The molecule has 9 nitrogen and oxygen atoms in total. The molecule has 1 atom stereocenters. The first-order chi connectivity index (χ1) is 15.1. The summed E-state index contributed by atoms with van der Waals surface area (Å²) in [6, 6.07) is 3.52. The van der Waals surface area contributed by atoms with Gasteiger partial charge in [-0.1, -0.05) is 6.07 Å². The molecule has 32 heavy (non-hydrogen) atoms. The molecule has 0 spiro atoms. The zero-order chi connectivity index (χ0) is 23.5. The molecule has 3 aromatic heterocycles. The molecular formula is C21H26N4O5S2. The van der Waals surface area contributed by atoms with Gasteiger partial charge < -0.3 is 19.9 Å². The highest BCUT2D eigenvalue weighted by Gasteiger charge is 2.25. The molecule has 0 bridgehead atoms. The number of carbonyl (C=O) groups excluding carboxylic acids is 1. The number of nitrogens with zero attached hydrogens (tertiary/aromatic N) is 3. The van der Waals surface area contributed by atoms with Crippen molar-refractivity contribution in [3.63, 3.8) is 0 Å². The van der Waals surface area contributed by atoms with Gasteiger partial charge in [-0.05, 0) is 39.1 Å². The zero-order valence-electron chi connectivity index (χ0n) is 18.5. The van der Waals surface area contributed by atoms with Crippen LogP contribution < -0.4 is 15.0 Å². The topological polar surface area (TPSA) is 114 Å². The lowest BCUT2D eigenvalue weighted by atomic mass is 10.2. The van der Waals surface area contributed by atoms with Gasteiger partial charge in [-0.25, -0.2) is 9.59 Å². The van der Waals surface area contributed by atoms with Gasteiger partial charge in [-0.3, -0.25) is 4.90 Å². The highest BCUT2D eigenvalue weighted by Crippen LogP contribution is 2.41. The number of carboxylic acid groups (broad SMARTS) is 1. The van der Waals surface area contributed by atoms with E-state index in [1.165, 1.54) is 40.9 Å². The van der Waals surface area contributed by atoms with E-state index in [1.54, 1.807) is 20.8 Å². The van der Waals surface area contributed by atoms with E-state index in [4.69, 9.17) is 9.47 Å². The van der Waals surface area contributed by atoms with Gasteiger partial charge in [0.25, 0.3) is 0 Å². The Morgan fingerprint density at radius 3 is 2.69 bits per heavy atom. The van der Waals surface area contributed by atoms with Gasteiger partial charge in [0.1, 0.15) is 11.1 Å². The van der Waals surface area contributed by atoms with E-state index >= 15 is 0 Å². The van der Waals surface area contributed by atoms with Crippen LogP contribution in [0, 0.1) is 0 Å². The molecule has 0 saturated heterocycles. The molecule has 0 aliphatic heterocycles. The molecule has 1 unspecified atom stereocenters.